The second-order valence-electron chi connectivity index (χ2n) is 6.09. The Morgan fingerprint density at radius 2 is 1.67 bits per heavy atom. The highest BCUT2D eigenvalue weighted by Gasteiger charge is 2.16. The summed E-state index contributed by atoms with van der Waals surface area (Å²) in [4.78, 5) is 22.6. The van der Waals surface area contributed by atoms with E-state index in [2.05, 4.69) is 5.32 Å². The van der Waals surface area contributed by atoms with Gasteiger partial charge in [0.15, 0.2) is 0 Å². The van der Waals surface area contributed by atoms with Gasteiger partial charge in [0.25, 0.3) is 0 Å². The SMILES string of the molecule is CC(C)(C)OC(=O)Nc1ccc(Oc2cccc(C(=O)O)c2)cc1. The van der Waals surface area contributed by atoms with Crippen molar-refractivity contribution in [3.8, 4) is 11.5 Å². The fourth-order valence-corrected chi connectivity index (χ4v) is 1.86. The van der Waals surface area contributed by atoms with Gasteiger partial charge in [-0.1, -0.05) is 6.07 Å². The number of carbonyl (C=O) groups excluding carboxylic acids is 1. The summed E-state index contributed by atoms with van der Waals surface area (Å²) >= 11 is 0. The van der Waals surface area contributed by atoms with Gasteiger partial charge in [0.2, 0.25) is 0 Å². The molecule has 0 aliphatic carbocycles. The first-order chi connectivity index (χ1) is 11.2. The van der Waals surface area contributed by atoms with Gasteiger partial charge in [-0.15, -0.1) is 0 Å². The zero-order valence-corrected chi connectivity index (χ0v) is 13.7. The van der Waals surface area contributed by atoms with E-state index >= 15 is 0 Å². The molecule has 0 unspecified atom stereocenters. The van der Waals surface area contributed by atoms with Crippen molar-refractivity contribution in [2.45, 2.75) is 26.4 Å². The molecule has 0 atom stereocenters. The molecule has 0 heterocycles. The molecule has 2 aromatic rings. The minimum absolute atomic E-state index is 0.149. The number of carboxylic acid groups (broad SMARTS) is 1. The van der Waals surface area contributed by atoms with Gasteiger partial charge in [-0.3, -0.25) is 5.32 Å². The van der Waals surface area contributed by atoms with E-state index in [4.69, 9.17) is 14.6 Å². The summed E-state index contributed by atoms with van der Waals surface area (Å²) in [5.41, 5.74) is 0.147. The molecule has 0 bridgehead atoms. The molecule has 2 aromatic carbocycles. The van der Waals surface area contributed by atoms with Crippen LogP contribution in [0.1, 0.15) is 31.1 Å². The summed E-state index contributed by atoms with van der Waals surface area (Å²) in [5, 5.41) is 11.6. The van der Waals surface area contributed by atoms with Crippen LogP contribution in [0.25, 0.3) is 0 Å². The van der Waals surface area contributed by atoms with Gasteiger partial charge in [-0.05, 0) is 63.2 Å². The molecule has 6 heteroatoms. The molecule has 0 aromatic heterocycles. The van der Waals surface area contributed by atoms with Crippen LogP contribution in [-0.2, 0) is 4.74 Å². The largest absolute Gasteiger partial charge is 0.478 e. The van der Waals surface area contributed by atoms with E-state index in [9.17, 15) is 9.59 Å². The zero-order valence-electron chi connectivity index (χ0n) is 13.7. The molecule has 126 valence electrons. The molecule has 0 saturated carbocycles. The highest BCUT2D eigenvalue weighted by atomic mass is 16.6. The third-order valence-electron chi connectivity index (χ3n) is 2.82. The number of amides is 1. The number of hydrogen-bond acceptors (Lipinski definition) is 4. The van der Waals surface area contributed by atoms with Crippen molar-refractivity contribution in [2.75, 3.05) is 5.32 Å². The van der Waals surface area contributed by atoms with Crippen molar-refractivity contribution in [1.82, 2.24) is 0 Å². The predicted octanol–water partition coefficient (Wildman–Crippen LogP) is 4.52. The lowest BCUT2D eigenvalue weighted by atomic mass is 10.2. The third kappa shape index (κ3) is 5.31. The standard InChI is InChI=1S/C18H19NO5/c1-18(2,3)24-17(22)19-13-7-9-14(10-8-13)23-15-6-4-5-12(11-15)16(20)21/h4-11H,1-3H3,(H,19,22)(H,20,21). The number of carboxylic acids is 1. The summed E-state index contributed by atoms with van der Waals surface area (Å²) in [6.45, 7) is 5.36. The van der Waals surface area contributed by atoms with Gasteiger partial charge in [0, 0.05) is 5.69 Å². The summed E-state index contributed by atoms with van der Waals surface area (Å²) in [6, 6.07) is 12.9. The number of aromatic carboxylic acids is 1. The van der Waals surface area contributed by atoms with Crippen molar-refractivity contribution in [3.05, 3.63) is 54.1 Å². The quantitative estimate of drug-likeness (QED) is 0.861. The second-order valence-corrected chi connectivity index (χ2v) is 6.09. The third-order valence-corrected chi connectivity index (χ3v) is 2.82. The highest BCUT2D eigenvalue weighted by molar-refractivity contribution is 5.88. The molecule has 0 aliphatic rings. The lowest BCUT2D eigenvalue weighted by Crippen LogP contribution is -2.27. The van der Waals surface area contributed by atoms with E-state index in [1.54, 1.807) is 57.2 Å². The van der Waals surface area contributed by atoms with E-state index < -0.39 is 17.7 Å². The Balaban J connectivity index is 2.01. The molecule has 2 N–H and O–H groups in total. The van der Waals surface area contributed by atoms with Gasteiger partial charge < -0.3 is 14.6 Å². The van der Waals surface area contributed by atoms with E-state index in [1.807, 2.05) is 0 Å². The summed E-state index contributed by atoms with van der Waals surface area (Å²) in [6.07, 6.45) is -0.537. The zero-order chi connectivity index (χ0) is 17.7. The van der Waals surface area contributed by atoms with Gasteiger partial charge >= 0.3 is 12.1 Å². The predicted molar refractivity (Wildman–Crippen MR) is 89.8 cm³/mol. The van der Waals surface area contributed by atoms with Gasteiger partial charge in [0.05, 0.1) is 5.56 Å². The smallest absolute Gasteiger partial charge is 0.412 e. The first-order valence-electron chi connectivity index (χ1n) is 7.34. The van der Waals surface area contributed by atoms with E-state index in [1.165, 1.54) is 12.1 Å². The molecule has 0 spiro atoms. The number of carbonyl (C=O) groups is 2. The first kappa shape index (κ1) is 17.3. The van der Waals surface area contributed by atoms with Crippen molar-refractivity contribution in [2.24, 2.45) is 0 Å². The van der Waals surface area contributed by atoms with Crippen LogP contribution in [0.5, 0.6) is 11.5 Å². The maximum Gasteiger partial charge on any atom is 0.412 e. The fraction of sp³-hybridized carbons (Fsp3) is 0.222. The molecule has 6 nitrogen and oxygen atoms in total. The number of benzene rings is 2. The molecule has 0 aliphatic heterocycles. The van der Waals surface area contributed by atoms with E-state index in [0.29, 0.717) is 17.2 Å². The van der Waals surface area contributed by atoms with Crippen LogP contribution >= 0.6 is 0 Å². The Hall–Kier alpha value is -3.02. The van der Waals surface area contributed by atoms with Gasteiger partial charge in [-0.25, -0.2) is 9.59 Å². The Morgan fingerprint density at radius 1 is 1.00 bits per heavy atom. The number of nitrogens with one attached hydrogen (secondary N) is 1. The van der Waals surface area contributed by atoms with Crippen LogP contribution in [0.15, 0.2) is 48.5 Å². The molecule has 0 radical (unpaired) electrons. The number of ether oxygens (including phenoxy) is 2. The van der Waals surface area contributed by atoms with Gasteiger partial charge in [-0.2, -0.15) is 0 Å². The second kappa shape index (κ2) is 7.04. The van der Waals surface area contributed by atoms with Crippen LogP contribution in [0.2, 0.25) is 0 Å². The lowest BCUT2D eigenvalue weighted by Gasteiger charge is -2.19. The molecule has 0 saturated heterocycles. The average Bonchev–Trinajstić information content (AvgIpc) is 2.47. The molecular formula is C18H19NO5. The molecule has 24 heavy (non-hydrogen) atoms. The Morgan fingerprint density at radius 3 is 2.25 bits per heavy atom. The number of rotatable bonds is 4. The summed E-state index contributed by atoms with van der Waals surface area (Å²) in [7, 11) is 0. The number of anilines is 1. The molecule has 1 amide bonds. The fourth-order valence-electron chi connectivity index (χ4n) is 1.86. The van der Waals surface area contributed by atoms with Crippen molar-refractivity contribution in [3.63, 3.8) is 0 Å². The molecule has 0 fully saturated rings. The van der Waals surface area contributed by atoms with Crippen LogP contribution in [0.4, 0.5) is 10.5 Å². The van der Waals surface area contributed by atoms with Crippen LogP contribution < -0.4 is 10.1 Å². The average molecular weight is 329 g/mol. The Bertz CT molecular complexity index is 732. The highest BCUT2D eigenvalue weighted by Crippen LogP contribution is 2.24. The maximum atomic E-state index is 11.7. The molecular weight excluding hydrogens is 310 g/mol. The molecule has 2 rings (SSSR count). The normalized spacial score (nSPS) is 10.8. The summed E-state index contributed by atoms with van der Waals surface area (Å²) < 4.78 is 10.8. The Kier molecular flexibility index (Phi) is 5.08. The first-order valence-corrected chi connectivity index (χ1v) is 7.34. The topological polar surface area (TPSA) is 84.9 Å². The van der Waals surface area contributed by atoms with Crippen LogP contribution in [0.3, 0.4) is 0 Å². The van der Waals surface area contributed by atoms with Crippen molar-refractivity contribution in [1.29, 1.82) is 0 Å². The lowest BCUT2D eigenvalue weighted by molar-refractivity contribution is 0.0634. The van der Waals surface area contributed by atoms with E-state index in [0.717, 1.165) is 0 Å². The summed E-state index contributed by atoms with van der Waals surface area (Å²) in [5.74, 6) is -0.0765. The van der Waals surface area contributed by atoms with Crippen LogP contribution in [0, 0.1) is 0 Å². The minimum atomic E-state index is -1.02. The van der Waals surface area contributed by atoms with Crippen molar-refractivity contribution < 1.29 is 24.2 Å². The number of hydrogen-bond donors (Lipinski definition) is 2. The van der Waals surface area contributed by atoms with Crippen LogP contribution in [-0.4, -0.2) is 22.8 Å². The van der Waals surface area contributed by atoms with E-state index in [-0.39, 0.29) is 5.56 Å². The Labute approximate surface area is 140 Å². The minimum Gasteiger partial charge on any atom is -0.478 e. The van der Waals surface area contributed by atoms with Crippen molar-refractivity contribution >= 4 is 17.7 Å². The monoisotopic (exact) mass is 329 g/mol. The maximum absolute atomic E-state index is 11.7. The van der Waals surface area contributed by atoms with Gasteiger partial charge in [0.1, 0.15) is 17.1 Å².